The summed E-state index contributed by atoms with van der Waals surface area (Å²) in [7, 11) is 0. The molecule has 5 nitrogen and oxygen atoms in total. The summed E-state index contributed by atoms with van der Waals surface area (Å²) in [5, 5.41) is 4.76. The third-order valence-electron chi connectivity index (χ3n) is 5.11. The van der Waals surface area contributed by atoms with Gasteiger partial charge in [0.05, 0.1) is 6.26 Å². The second-order valence-electron chi connectivity index (χ2n) is 7.02. The van der Waals surface area contributed by atoms with E-state index in [0.717, 1.165) is 27.5 Å². The molecule has 1 N–H and O–H groups in total. The highest BCUT2D eigenvalue weighted by Gasteiger charge is 2.15. The average molecular weight is 375 g/mol. The molecule has 1 amide bonds. The van der Waals surface area contributed by atoms with Gasteiger partial charge in [0.25, 0.3) is 0 Å². The van der Waals surface area contributed by atoms with Crippen molar-refractivity contribution in [3.8, 4) is 0 Å². The molecule has 0 atom stereocenters. The van der Waals surface area contributed by atoms with Crippen LogP contribution in [0, 0.1) is 13.8 Å². The average Bonchev–Trinajstić information content (AvgIpc) is 3.05. The number of aryl methyl sites for hydroxylation is 2. The normalized spacial score (nSPS) is 11.2. The van der Waals surface area contributed by atoms with Gasteiger partial charge in [0.15, 0.2) is 0 Å². The zero-order chi connectivity index (χ0) is 19.7. The van der Waals surface area contributed by atoms with E-state index < -0.39 is 5.63 Å². The predicted molar refractivity (Wildman–Crippen MR) is 108 cm³/mol. The van der Waals surface area contributed by atoms with Crippen molar-refractivity contribution < 1.29 is 13.6 Å². The van der Waals surface area contributed by atoms with Gasteiger partial charge in [0.1, 0.15) is 11.2 Å². The first kappa shape index (κ1) is 18.0. The number of hydrogen-bond donors (Lipinski definition) is 1. The first-order valence-corrected chi connectivity index (χ1v) is 9.27. The number of hydrogen-bond acceptors (Lipinski definition) is 4. The van der Waals surface area contributed by atoms with Crippen LogP contribution in [-0.2, 0) is 17.8 Å². The number of amides is 1. The Hall–Kier alpha value is -3.34. The van der Waals surface area contributed by atoms with E-state index in [2.05, 4.69) is 5.32 Å². The summed E-state index contributed by atoms with van der Waals surface area (Å²) in [4.78, 5) is 24.7. The van der Waals surface area contributed by atoms with Crippen LogP contribution in [0.25, 0.3) is 21.9 Å². The molecular formula is C23H21NO4. The third kappa shape index (κ3) is 3.43. The quantitative estimate of drug-likeness (QED) is 0.525. The molecule has 0 radical (unpaired) electrons. The molecule has 0 aliphatic heterocycles. The van der Waals surface area contributed by atoms with Gasteiger partial charge < -0.3 is 14.2 Å². The highest BCUT2D eigenvalue weighted by Crippen LogP contribution is 2.28. The van der Waals surface area contributed by atoms with Crippen molar-refractivity contribution in [1.29, 1.82) is 0 Å². The molecule has 0 spiro atoms. The van der Waals surface area contributed by atoms with Crippen LogP contribution in [0.15, 0.2) is 62.4 Å². The molecule has 2 heterocycles. The Morgan fingerprint density at radius 3 is 2.61 bits per heavy atom. The van der Waals surface area contributed by atoms with Gasteiger partial charge in [-0.1, -0.05) is 30.3 Å². The Balaban J connectivity index is 1.54. The van der Waals surface area contributed by atoms with Crippen molar-refractivity contribution in [2.45, 2.75) is 33.2 Å². The summed E-state index contributed by atoms with van der Waals surface area (Å²) in [5.74, 6) is -0.0936. The topological polar surface area (TPSA) is 72.5 Å². The minimum absolute atomic E-state index is 0.0936. The lowest BCUT2D eigenvalue weighted by molar-refractivity contribution is -0.121. The van der Waals surface area contributed by atoms with Crippen LogP contribution in [0.1, 0.15) is 28.7 Å². The van der Waals surface area contributed by atoms with E-state index in [1.807, 2.05) is 50.2 Å². The first-order valence-electron chi connectivity index (χ1n) is 9.27. The molecule has 4 aromatic rings. The van der Waals surface area contributed by atoms with Crippen LogP contribution in [0.4, 0.5) is 0 Å². The number of carbonyl (C=O) groups excluding carboxylic acids is 1. The summed E-state index contributed by atoms with van der Waals surface area (Å²) < 4.78 is 11.0. The van der Waals surface area contributed by atoms with Crippen molar-refractivity contribution >= 4 is 27.8 Å². The second-order valence-corrected chi connectivity index (χ2v) is 7.02. The van der Waals surface area contributed by atoms with Crippen LogP contribution in [-0.4, -0.2) is 5.91 Å². The molecule has 0 saturated carbocycles. The summed E-state index contributed by atoms with van der Waals surface area (Å²) in [5.41, 5.74) is 4.26. The van der Waals surface area contributed by atoms with Crippen LogP contribution < -0.4 is 10.9 Å². The number of benzene rings is 2. The minimum Gasteiger partial charge on any atom is -0.464 e. The number of carbonyl (C=O) groups is 1. The first-order chi connectivity index (χ1) is 13.5. The van der Waals surface area contributed by atoms with Gasteiger partial charge in [-0.3, -0.25) is 4.79 Å². The Morgan fingerprint density at radius 2 is 1.82 bits per heavy atom. The van der Waals surface area contributed by atoms with Gasteiger partial charge in [-0.15, -0.1) is 0 Å². The molecule has 28 heavy (non-hydrogen) atoms. The van der Waals surface area contributed by atoms with Crippen molar-refractivity contribution in [2.24, 2.45) is 0 Å². The highest BCUT2D eigenvalue weighted by atomic mass is 16.4. The monoisotopic (exact) mass is 375 g/mol. The van der Waals surface area contributed by atoms with E-state index in [9.17, 15) is 9.59 Å². The smallest absolute Gasteiger partial charge is 0.339 e. The SMILES string of the molecule is Cc1coc2cc3oc(=O)c(CCC(=O)NCc4ccccc4)c(C)c3cc12. The maximum atomic E-state index is 12.5. The Bertz CT molecular complexity index is 1220. The molecule has 5 heteroatoms. The van der Waals surface area contributed by atoms with Crippen molar-refractivity contribution in [1.82, 2.24) is 5.32 Å². The van der Waals surface area contributed by atoms with Gasteiger partial charge in [-0.05, 0) is 43.0 Å². The lowest BCUT2D eigenvalue weighted by Gasteiger charge is -2.09. The summed E-state index contributed by atoms with van der Waals surface area (Å²) in [6.45, 7) is 4.35. The second kappa shape index (κ2) is 7.35. The summed E-state index contributed by atoms with van der Waals surface area (Å²) >= 11 is 0. The molecular weight excluding hydrogens is 354 g/mol. The van der Waals surface area contributed by atoms with Gasteiger partial charge in [0.2, 0.25) is 5.91 Å². The van der Waals surface area contributed by atoms with E-state index in [-0.39, 0.29) is 12.3 Å². The zero-order valence-corrected chi connectivity index (χ0v) is 15.9. The maximum Gasteiger partial charge on any atom is 0.339 e. The predicted octanol–water partition coefficient (Wildman–Crippen LogP) is 4.41. The Labute approximate surface area is 162 Å². The van der Waals surface area contributed by atoms with Gasteiger partial charge in [-0.25, -0.2) is 4.79 Å². The maximum absolute atomic E-state index is 12.5. The molecule has 0 saturated heterocycles. The summed E-state index contributed by atoms with van der Waals surface area (Å²) in [6, 6.07) is 13.5. The van der Waals surface area contributed by atoms with Gasteiger partial charge in [-0.2, -0.15) is 0 Å². The molecule has 0 aliphatic carbocycles. The van der Waals surface area contributed by atoms with Gasteiger partial charge >= 0.3 is 5.63 Å². The number of nitrogens with one attached hydrogen (secondary N) is 1. The van der Waals surface area contributed by atoms with Crippen LogP contribution in [0.3, 0.4) is 0 Å². The van der Waals surface area contributed by atoms with E-state index >= 15 is 0 Å². The molecule has 0 fully saturated rings. The Kier molecular flexibility index (Phi) is 4.74. The largest absolute Gasteiger partial charge is 0.464 e. The van der Waals surface area contributed by atoms with E-state index in [1.54, 1.807) is 12.3 Å². The van der Waals surface area contributed by atoms with Gasteiger partial charge in [0, 0.05) is 35.4 Å². The third-order valence-corrected chi connectivity index (χ3v) is 5.11. The number of furan rings is 1. The molecule has 4 rings (SSSR count). The van der Waals surface area contributed by atoms with E-state index in [1.165, 1.54) is 0 Å². The number of rotatable bonds is 5. The molecule has 0 bridgehead atoms. The molecule has 0 unspecified atom stereocenters. The lowest BCUT2D eigenvalue weighted by Crippen LogP contribution is -2.24. The van der Waals surface area contributed by atoms with Crippen molar-refractivity contribution in [2.75, 3.05) is 0 Å². The highest BCUT2D eigenvalue weighted by molar-refractivity contribution is 5.96. The fraction of sp³-hybridized carbons (Fsp3) is 0.217. The molecule has 142 valence electrons. The Morgan fingerprint density at radius 1 is 1.04 bits per heavy atom. The molecule has 2 aromatic heterocycles. The summed E-state index contributed by atoms with van der Waals surface area (Å²) in [6.07, 6.45) is 2.26. The van der Waals surface area contributed by atoms with Crippen molar-refractivity contribution in [3.63, 3.8) is 0 Å². The fourth-order valence-electron chi connectivity index (χ4n) is 3.45. The minimum atomic E-state index is -0.400. The van der Waals surface area contributed by atoms with Crippen LogP contribution >= 0.6 is 0 Å². The molecule has 2 aromatic carbocycles. The standard InChI is InChI=1S/C23H21NO4/c1-14-13-27-20-11-21-19(10-18(14)20)15(2)17(23(26)28-21)8-9-22(25)24-12-16-6-4-3-5-7-16/h3-7,10-11,13H,8-9,12H2,1-2H3,(H,24,25). The molecule has 0 aliphatic rings. The fourth-order valence-corrected chi connectivity index (χ4v) is 3.45. The van der Waals surface area contributed by atoms with Crippen LogP contribution in [0.5, 0.6) is 0 Å². The van der Waals surface area contributed by atoms with Crippen LogP contribution in [0.2, 0.25) is 0 Å². The number of fused-ring (bicyclic) bond motifs is 2. The van der Waals surface area contributed by atoms with E-state index in [0.29, 0.717) is 29.7 Å². The zero-order valence-electron chi connectivity index (χ0n) is 15.9. The van der Waals surface area contributed by atoms with E-state index in [4.69, 9.17) is 8.83 Å². The van der Waals surface area contributed by atoms with Crippen molar-refractivity contribution in [3.05, 3.63) is 81.4 Å². The lowest BCUT2D eigenvalue weighted by atomic mass is 10.0.